The molecule has 7 nitrogen and oxygen atoms in total. The second-order valence-electron chi connectivity index (χ2n) is 4.91. The summed E-state index contributed by atoms with van der Waals surface area (Å²) < 4.78 is 5.36. The highest BCUT2D eigenvalue weighted by atomic mass is 16.5. The van der Waals surface area contributed by atoms with E-state index in [1.165, 1.54) is 0 Å². The molecule has 7 heteroatoms. The lowest BCUT2D eigenvalue weighted by Gasteiger charge is -2.28. The Kier molecular flexibility index (Phi) is 4.24. The van der Waals surface area contributed by atoms with Gasteiger partial charge in [-0.1, -0.05) is 6.08 Å². The molecule has 0 aliphatic carbocycles. The van der Waals surface area contributed by atoms with Crippen molar-refractivity contribution in [2.75, 3.05) is 37.7 Å². The van der Waals surface area contributed by atoms with Crippen LogP contribution in [-0.4, -0.2) is 53.9 Å². The fraction of sp³-hybridized carbons (Fsp3) is 0.333. The van der Waals surface area contributed by atoms with Crippen LogP contribution in [0.1, 0.15) is 10.6 Å². The highest BCUT2D eigenvalue weighted by molar-refractivity contribution is 5.92. The minimum Gasteiger partial charge on any atom is -0.378 e. The molecule has 3 rings (SSSR count). The van der Waals surface area contributed by atoms with Crippen molar-refractivity contribution in [2.24, 2.45) is 0 Å². The van der Waals surface area contributed by atoms with Crippen molar-refractivity contribution in [1.82, 2.24) is 20.5 Å². The van der Waals surface area contributed by atoms with Gasteiger partial charge in [-0.2, -0.15) is 0 Å². The monoisotopic (exact) mass is 299 g/mol. The first-order valence-electron chi connectivity index (χ1n) is 7.14. The first-order chi connectivity index (χ1) is 10.8. The number of nitrogens with one attached hydrogen (secondary N) is 1. The fourth-order valence-electron chi connectivity index (χ4n) is 2.28. The predicted molar refractivity (Wildman–Crippen MR) is 82.9 cm³/mol. The number of hydrogen-bond donors (Lipinski definition) is 1. The molecule has 2 heterocycles. The van der Waals surface area contributed by atoms with Gasteiger partial charge < -0.3 is 15.0 Å². The maximum atomic E-state index is 11.9. The predicted octanol–water partition coefficient (Wildman–Crippen LogP) is 0.777. The summed E-state index contributed by atoms with van der Waals surface area (Å²) in [4.78, 5) is 18.4. The number of nitrogens with zero attached hydrogens (tertiary/aromatic N) is 4. The zero-order valence-corrected chi connectivity index (χ0v) is 12.2. The van der Waals surface area contributed by atoms with Crippen LogP contribution >= 0.6 is 0 Å². The average Bonchev–Trinajstić information content (AvgIpc) is 2.59. The molecule has 1 amide bonds. The van der Waals surface area contributed by atoms with Crippen molar-refractivity contribution >= 4 is 22.6 Å². The number of fused-ring (bicyclic) bond motifs is 1. The van der Waals surface area contributed by atoms with E-state index < -0.39 is 0 Å². The molecule has 0 spiro atoms. The SMILES string of the molecule is C=CCNC(=O)c1nnc2ccc(N3CCOCC3)cc2n1. The summed E-state index contributed by atoms with van der Waals surface area (Å²) in [5.74, 6) is -0.292. The highest BCUT2D eigenvalue weighted by Crippen LogP contribution is 2.20. The number of aromatic nitrogens is 3. The van der Waals surface area contributed by atoms with Crippen LogP contribution in [0.25, 0.3) is 11.0 Å². The van der Waals surface area contributed by atoms with Crippen molar-refractivity contribution in [3.8, 4) is 0 Å². The number of amides is 1. The van der Waals surface area contributed by atoms with E-state index in [9.17, 15) is 4.79 Å². The molecule has 2 aromatic rings. The quantitative estimate of drug-likeness (QED) is 0.840. The molecule has 1 aliphatic heterocycles. The standard InChI is InChI=1S/C15H17N5O2/c1-2-5-16-15(21)14-17-13-10-11(3-4-12(13)18-19-14)20-6-8-22-9-7-20/h2-4,10H,1,5-9H2,(H,16,21). The molecule has 1 aliphatic rings. The zero-order valence-electron chi connectivity index (χ0n) is 12.2. The van der Waals surface area contributed by atoms with Crippen LogP contribution in [0, 0.1) is 0 Å². The minimum absolute atomic E-state index is 0.0634. The van der Waals surface area contributed by atoms with Gasteiger partial charge in [0.1, 0.15) is 5.52 Å². The highest BCUT2D eigenvalue weighted by Gasteiger charge is 2.14. The fourth-order valence-corrected chi connectivity index (χ4v) is 2.28. The molecule has 0 bridgehead atoms. The largest absolute Gasteiger partial charge is 0.378 e. The third-order valence-electron chi connectivity index (χ3n) is 3.42. The van der Waals surface area contributed by atoms with Crippen molar-refractivity contribution in [1.29, 1.82) is 0 Å². The lowest BCUT2D eigenvalue weighted by Crippen LogP contribution is -2.36. The van der Waals surface area contributed by atoms with E-state index in [2.05, 4.69) is 32.0 Å². The summed E-state index contributed by atoms with van der Waals surface area (Å²) in [6.45, 7) is 7.04. The van der Waals surface area contributed by atoms with Crippen LogP contribution in [-0.2, 0) is 4.74 Å². The maximum absolute atomic E-state index is 11.9. The Hall–Kier alpha value is -2.54. The average molecular weight is 299 g/mol. The Morgan fingerprint density at radius 1 is 1.32 bits per heavy atom. The van der Waals surface area contributed by atoms with Crippen LogP contribution in [0.5, 0.6) is 0 Å². The Labute approximate surface area is 128 Å². The van der Waals surface area contributed by atoms with Gasteiger partial charge in [-0.25, -0.2) is 4.98 Å². The van der Waals surface area contributed by atoms with Gasteiger partial charge in [-0.3, -0.25) is 4.79 Å². The Bertz CT molecular complexity index is 697. The van der Waals surface area contributed by atoms with Gasteiger partial charge in [0.15, 0.2) is 0 Å². The van der Waals surface area contributed by atoms with Gasteiger partial charge >= 0.3 is 0 Å². The number of rotatable bonds is 4. The topological polar surface area (TPSA) is 80.2 Å². The van der Waals surface area contributed by atoms with Gasteiger partial charge in [0.2, 0.25) is 5.82 Å². The van der Waals surface area contributed by atoms with E-state index in [0.717, 1.165) is 32.0 Å². The Morgan fingerprint density at radius 2 is 2.14 bits per heavy atom. The molecular weight excluding hydrogens is 282 g/mol. The van der Waals surface area contributed by atoms with Crippen LogP contribution in [0.4, 0.5) is 5.69 Å². The van der Waals surface area contributed by atoms with Crippen LogP contribution in [0.2, 0.25) is 0 Å². The smallest absolute Gasteiger partial charge is 0.291 e. The van der Waals surface area contributed by atoms with E-state index in [1.54, 1.807) is 6.08 Å². The van der Waals surface area contributed by atoms with Crippen molar-refractivity contribution in [3.05, 3.63) is 36.7 Å². The summed E-state index contributed by atoms with van der Waals surface area (Å²) in [6, 6.07) is 5.78. The number of anilines is 1. The van der Waals surface area contributed by atoms with Crippen molar-refractivity contribution in [3.63, 3.8) is 0 Å². The first-order valence-corrected chi connectivity index (χ1v) is 7.14. The second-order valence-corrected chi connectivity index (χ2v) is 4.91. The first kappa shape index (κ1) is 14.4. The molecule has 0 atom stereocenters. The van der Waals surface area contributed by atoms with Gasteiger partial charge in [0.25, 0.3) is 5.91 Å². The molecule has 1 saturated heterocycles. The summed E-state index contributed by atoms with van der Waals surface area (Å²) in [5, 5.41) is 10.6. The van der Waals surface area contributed by atoms with Crippen molar-refractivity contribution < 1.29 is 9.53 Å². The number of carbonyl (C=O) groups excluding carboxylic acids is 1. The molecule has 0 unspecified atom stereocenters. The molecule has 1 aromatic heterocycles. The summed E-state index contributed by atoms with van der Waals surface area (Å²) in [6.07, 6.45) is 1.60. The molecule has 1 aromatic carbocycles. The van der Waals surface area contributed by atoms with Gasteiger partial charge in [0.05, 0.1) is 18.7 Å². The van der Waals surface area contributed by atoms with E-state index >= 15 is 0 Å². The minimum atomic E-state index is -0.355. The number of benzene rings is 1. The van der Waals surface area contributed by atoms with Crippen LogP contribution in [0.15, 0.2) is 30.9 Å². The number of carbonyl (C=O) groups is 1. The molecule has 114 valence electrons. The molecule has 0 saturated carbocycles. The van der Waals surface area contributed by atoms with E-state index in [0.29, 0.717) is 17.6 Å². The summed E-state index contributed by atoms with van der Waals surface area (Å²) >= 11 is 0. The molecule has 1 fully saturated rings. The van der Waals surface area contributed by atoms with Gasteiger partial charge in [-0.15, -0.1) is 16.8 Å². The summed E-state index contributed by atoms with van der Waals surface area (Å²) in [5.41, 5.74) is 2.37. The van der Waals surface area contributed by atoms with Crippen LogP contribution < -0.4 is 10.2 Å². The summed E-state index contributed by atoms with van der Waals surface area (Å²) in [7, 11) is 0. The lowest BCUT2D eigenvalue weighted by atomic mass is 10.2. The number of ether oxygens (including phenoxy) is 1. The van der Waals surface area contributed by atoms with Gasteiger partial charge in [-0.05, 0) is 18.2 Å². The van der Waals surface area contributed by atoms with E-state index in [4.69, 9.17) is 4.74 Å². The normalized spacial score (nSPS) is 14.8. The van der Waals surface area contributed by atoms with Crippen molar-refractivity contribution in [2.45, 2.75) is 0 Å². The Morgan fingerprint density at radius 3 is 2.91 bits per heavy atom. The second kappa shape index (κ2) is 6.48. The Balaban J connectivity index is 1.88. The number of morpholine rings is 1. The van der Waals surface area contributed by atoms with E-state index in [1.807, 2.05) is 18.2 Å². The molecular formula is C15H17N5O2. The molecule has 0 radical (unpaired) electrons. The third-order valence-corrected chi connectivity index (χ3v) is 3.42. The van der Waals surface area contributed by atoms with E-state index in [-0.39, 0.29) is 11.7 Å². The number of hydrogen-bond acceptors (Lipinski definition) is 6. The third kappa shape index (κ3) is 3.04. The lowest BCUT2D eigenvalue weighted by molar-refractivity contribution is 0.0947. The molecule has 1 N–H and O–H groups in total. The maximum Gasteiger partial charge on any atom is 0.291 e. The van der Waals surface area contributed by atoms with Crippen LogP contribution in [0.3, 0.4) is 0 Å². The van der Waals surface area contributed by atoms with Gasteiger partial charge in [0, 0.05) is 25.3 Å². The zero-order chi connectivity index (χ0) is 15.4. The molecule has 22 heavy (non-hydrogen) atoms.